The Morgan fingerprint density at radius 1 is 1.38 bits per heavy atom. The normalized spacial score (nSPS) is 12.6. The molecule has 86 valence electrons. The van der Waals surface area contributed by atoms with Crippen LogP contribution in [0.5, 0.6) is 0 Å². The average Bonchev–Trinajstić information content (AvgIpc) is 2.17. The fourth-order valence-electron chi connectivity index (χ4n) is 1.07. The molecule has 0 radical (unpaired) electrons. The number of quaternary nitrogens is 1. The summed E-state index contributed by atoms with van der Waals surface area (Å²) >= 11 is 4.93. The van der Waals surface area contributed by atoms with Gasteiger partial charge in [0.2, 0.25) is 0 Å². The summed E-state index contributed by atoms with van der Waals surface area (Å²) in [6.07, 6.45) is 0. The van der Waals surface area contributed by atoms with E-state index in [1.54, 1.807) is 0 Å². The van der Waals surface area contributed by atoms with E-state index in [9.17, 15) is 0 Å². The Morgan fingerprint density at radius 3 is 2.44 bits per heavy atom. The maximum Gasteiger partial charge on any atom is 0.293 e. The van der Waals surface area contributed by atoms with Crippen LogP contribution in [0.25, 0.3) is 0 Å². The molecule has 0 atom stereocenters. The summed E-state index contributed by atoms with van der Waals surface area (Å²) in [6.45, 7) is 3.75. The van der Waals surface area contributed by atoms with Crippen LogP contribution in [0.1, 0.15) is 18.3 Å². The van der Waals surface area contributed by atoms with Gasteiger partial charge in [0, 0.05) is 12.2 Å². The maximum atomic E-state index is 5.58. The molecule has 5 nitrogen and oxygen atoms in total. The minimum atomic E-state index is 0.108. The standard InChI is InChI=1S/C10H15N5S/c1-7-5-6-9(13-12-7)8(2)14-15(3,4)10(11)16/h5-6H,1-4H3,(H-,11,16)/p+1/b14-8+. The Hall–Kier alpha value is -1.40. The lowest BCUT2D eigenvalue weighted by Gasteiger charge is -2.19. The molecule has 1 heterocycles. The first-order chi connectivity index (χ1) is 7.33. The van der Waals surface area contributed by atoms with Crippen molar-refractivity contribution in [2.45, 2.75) is 13.8 Å². The van der Waals surface area contributed by atoms with Gasteiger partial charge in [-0.25, -0.2) is 0 Å². The van der Waals surface area contributed by atoms with Gasteiger partial charge in [0.15, 0.2) is 0 Å². The molecule has 0 bridgehead atoms. The quantitative estimate of drug-likeness (QED) is 0.359. The summed E-state index contributed by atoms with van der Waals surface area (Å²) in [5, 5.41) is 12.7. The van der Waals surface area contributed by atoms with Gasteiger partial charge in [0.1, 0.15) is 11.4 Å². The molecule has 1 rings (SSSR count). The first-order valence-corrected chi connectivity index (χ1v) is 5.25. The molecule has 1 aromatic rings. The van der Waals surface area contributed by atoms with Gasteiger partial charge in [-0.2, -0.15) is 5.10 Å². The summed E-state index contributed by atoms with van der Waals surface area (Å²) < 4.78 is 0.108. The highest BCUT2D eigenvalue weighted by molar-refractivity contribution is 7.79. The van der Waals surface area contributed by atoms with E-state index in [0.29, 0.717) is 5.11 Å². The Kier molecular flexibility index (Phi) is 3.66. The fraction of sp³-hybridized carbons (Fsp3) is 0.400. The molecule has 0 aliphatic carbocycles. The van der Waals surface area contributed by atoms with Crippen LogP contribution in [-0.4, -0.2) is 39.7 Å². The third-order valence-corrected chi connectivity index (χ3v) is 2.55. The van der Waals surface area contributed by atoms with E-state index >= 15 is 0 Å². The summed E-state index contributed by atoms with van der Waals surface area (Å²) in [4.78, 5) is 0. The van der Waals surface area contributed by atoms with Gasteiger partial charge in [0.05, 0.1) is 19.8 Å². The zero-order valence-electron chi connectivity index (χ0n) is 9.93. The number of nitrogens with two attached hydrogens (primary N) is 1. The van der Waals surface area contributed by atoms with E-state index in [1.165, 1.54) is 0 Å². The minimum Gasteiger partial charge on any atom is -0.343 e. The van der Waals surface area contributed by atoms with Crippen molar-refractivity contribution in [1.29, 1.82) is 0 Å². The van der Waals surface area contributed by atoms with Crippen LogP contribution in [0.2, 0.25) is 0 Å². The molecule has 6 heteroatoms. The van der Waals surface area contributed by atoms with Crippen molar-refractivity contribution in [2.75, 3.05) is 14.1 Å². The molecular weight excluding hydrogens is 222 g/mol. The second-order valence-electron chi connectivity index (χ2n) is 3.98. The van der Waals surface area contributed by atoms with Crippen LogP contribution in [0.4, 0.5) is 0 Å². The van der Waals surface area contributed by atoms with Gasteiger partial charge in [-0.3, -0.25) is 0 Å². The Balaban J connectivity index is 3.02. The van der Waals surface area contributed by atoms with Gasteiger partial charge < -0.3 is 5.73 Å². The molecule has 0 fully saturated rings. The molecule has 0 saturated heterocycles. The van der Waals surface area contributed by atoms with E-state index in [1.807, 2.05) is 40.1 Å². The summed E-state index contributed by atoms with van der Waals surface area (Å²) in [5.74, 6) is 0. The lowest BCUT2D eigenvalue weighted by Crippen LogP contribution is -2.44. The lowest BCUT2D eigenvalue weighted by atomic mass is 10.3. The predicted octanol–water partition coefficient (Wildman–Crippen LogP) is 0.829. The molecule has 0 unspecified atom stereocenters. The predicted molar refractivity (Wildman–Crippen MR) is 67.9 cm³/mol. The number of aromatic nitrogens is 2. The minimum absolute atomic E-state index is 0.108. The van der Waals surface area contributed by atoms with Crippen molar-refractivity contribution in [3.05, 3.63) is 23.5 Å². The van der Waals surface area contributed by atoms with Crippen LogP contribution in [-0.2, 0) is 0 Å². The van der Waals surface area contributed by atoms with Gasteiger partial charge >= 0.3 is 0 Å². The molecule has 0 spiro atoms. The van der Waals surface area contributed by atoms with Gasteiger partial charge in [0.25, 0.3) is 5.11 Å². The molecule has 0 saturated carbocycles. The Morgan fingerprint density at radius 2 is 2.00 bits per heavy atom. The maximum absolute atomic E-state index is 5.58. The van der Waals surface area contributed by atoms with Gasteiger partial charge in [-0.05, 0) is 26.0 Å². The van der Waals surface area contributed by atoms with Crippen molar-refractivity contribution in [1.82, 2.24) is 10.2 Å². The number of nitrogens with zero attached hydrogens (tertiary/aromatic N) is 4. The zero-order valence-corrected chi connectivity index (χ0v) is 10.7. The zero-order chi connectivity index (χ0) is 12.3. The van der Waals surface area contributed by atoms with Crippen LogP contribution in [0.15, 0.2) is 17.2 Å². The Labute approximate surface area is 101 Å². The molecule has 0 aliphatic rings. The second-order valence-corrected chi connectivity index (χ2v) is 4.40. The highest BCUT2D eigenvalue weighted by Crippen LogP contribution is 2.04. The van der Waals surface area contributed by atoms with Crippen molar-refractivity contribution >= 4 is 23.0 Å². The van der Waals surface area contributed by atoms with Crippen molar-refractivity contribution in [2.24, 2.45) is 10.8 Å². The number of thiocarbonyl (C=S) groups is 1. The van der Waals surface area contributed by atoms with E-state index in [-0.39, 0.29) is 4.59 Å². The third-order valence-electron chi connectivity index (χ3n) is 2.11. The number of aryl methyl sites for hydroxylation is 1. The van der Waals surface area contributed by atoms with E-state index in [0.717, 1.165) is 17.1 Å². The highest BCUT2D eigenvalue weighted by atomic mass is 32.1. The summed E-state index contributed by atoms with van der Waals surface area (Å²) in [6, 6.07) is 3.77. The molecule has 0 amide bonds. The van der Waals surface area contributed by atoms with Crippen LogP contribution >= 0.6 is 12.2 Å². The van der Waals surface area contributed by atoms with Crippen molar-refractivity contribution in [3.8, 4) is 0 Å². The van der Waals surface area contributed by atoms with Crippen molar-refractivity contribution < 1.29 is 4.59 Å². The van der Waals surface area contributed by atoms with Gasteiger partial charge in [-0.15, -0.1) is 9.69 Å². The van der Waals surface area contributed by atoms with Crippen LogP contribution in [0.3, 0.4) is 0 Å². The Bertz CT molecular complexity index is 421. The number of hydrogen-bond donors (Lipinski definition) is 1. The third kappa shape index (κ3) is 3.04. The molecule has 0 aromatic carbocycles. The van der Waals surface area contributed by atoms with Crippen molar-refractivity contribution in [3.63, 3.8) is 0 Å². The van der Waals surface area contributed by atoms with E-state index in [2.05, 4.69) is 15.3 Å². The van der Waals surface area contributed by atoms with Crippen LogP contribution < -0.4 is 5.73 Å². The molecule has 2 N–H and O–H groups in total. The SMILES string of the molecule is C/C(=N\[N+](C)(C)C(N)=S)c1ccc(C)nn1. The average molecular weight is 238 g/mol. The number of rotatable bonds is 2. The summed E-state index contributed by atoms with van der Waals surface area (Å²) in [5.41, 5.74) is 7.94. The molecule has 1 aromatic heterocycles. The largest absolute Gasteiger partial charge is 0.343 e. The lowest BCUT2D eigenvalue weighted by molar-refractivity contribution is -0.804. The topological polar surface area (TPSA) is 64.2 Å². The fourth-order valence-corrected chi connectivity index (χ4v) is 1.11. The number of hydrogen-bond acceptors (Lipinski definition) is 4. The van der Waals surface area contributed by atoms with Gasteiger partial charge in [-0.1, -0.05) is 5.10 Å². The van der Waals surface area contributed by atoms with E-state index < -0.39 is 0 Å². The first kappa shape index (κ1) is 12.7. The molecule has 0 aliphatic heterocycles. The highest BCUT2D eigenvalue weighted by Gasteiger charge is 2.20. The first-order valence-electron chi connectivity index (χ1n) is 4.84. The smallest absolute Gasteiger partial charge is 0.293 e. The molecular formula is C10H16N5S+. The molecule has 16 heavy (non-hydrogen) atoms. The summed E-state index contributed by atoms with van der Waals surface area (Å²) in [7, 11) is 3.63. The second kappa shape index (κ2) is 4.63. The monoisotopic (exact) mass is 238 g/mol. The van der Waals surface area contributed by atoms with E-state index in [4.69, 9.17) is 18.0 Å². The van der Waals surface area contributed by atoms with Crippen LogP contribution in [0, 0.1) is 6.92 Å².